The Bertz CT molecular complexity index is 1080. The van der Waals surface area contributed by atoms with E-state index in [1.165, 1.54) is 43.9 Å². The molecule has 0 aromatic carbocycles. The van der Waals surface area contributed by atoms with Crippen molar-refractivity contribution in [3.63, 3.8) is 0 Å². The maximum Gasteiger partial charge on any atom is 0.174 e. The van der Waals surface area contributed by atoms with Crippen molar-refractivity contribution in [2.75, 3.05) is 32.0 Å². The zero-order valence-electron chi connectivity index (χ0n) is 21.0. The van der Waals surface area contributed by atoms with Crippen molar-refractivity contribution >= 4 is 22.4 Å². The number of aromatic nitrogens is 5. The third kappa shape index (κ3) is 6.97. The summed E-state index contributed by atoms with van der Waals surface area (Å²) in [5.41, 5.74) is 9.68. The van der Waals surface area contributed by atoms with Gasteiger partial charge in [-0.1, -0.05) is 27.2 Å². The zero-order chi connectivity index (χ0) is 24.3. The molecule has 0 saturated carbocycles. The Morgan fingerprint density at radius 2 is 1.91 bits per heavy atom. The molecule has 0 amide bonds. The summed E-state index contributed by atoms with van der Waals surface area (Å²) in [5, 5.41) is 8.86. The fourth-order valence-electron chi connectivity index (χ4n) is 4.06. The maximum atomic E-state index is 5.65. The van der Waals surface area contributed by atoms with Crippen LogP contribution in [0.25, 0.3) is 0 Å². The second-order valence-electron chi connectivity index (χ2n) is 8.15. The quantitative estimate of drug-likeness (QED) is 0.482. The van der Waals surface area contributed by atoms with Gasteiger partial charge in [0.25, 0.3) is 0 Å². The van der Waals surface area contributed by atoms with Crippen molar-refractivity contribution in [3.05, 3.63) is 47.1 Å². The second-order valence-corrected chi connectivity index (χ2v) is 8.96. The van der Waals surface area contributed by atoms with E-state index >= 15 is 0 Å². The van der Waals surface area contributed by atoms with Crippen LogP contribution in [-0.2, 0) is 26.1 Å². The zero-order valence-corrected chi connectivity index (χ0v) is 21.8. The van der Waals surface area contributed by atoms with Crippen LogP contribution in [0.2, 0.25) is 0 Å². The smallest absolute Gasteiger partial charge is 0.174 e. The number of nitrogens with two attached hydrogens (primary N) is 1. The van der Waals surface area contributed by atoms with Crippen LogP contribution in [0.5, 0.6) is 0 Å². The van der Waals surface area contributed by atoms with Crippen LogP contribution < -0.4 is 16.5 Å². The molecule has 0 radical (unpaired) electrons. The van der Waals surface area contributed by atoms with Crippen LogP contribution in [0.3, 0.4) is 0 Å². The first kappa shape index (κ1) is 26.1. The van der Waals surface area contributed by atoms with Gasteiger partial charge in [-0.05, 0) is 50.0 Å². The van der Waals surface area contributed by atoms with Crippen LogP contribution in [0.1, 0.15) is 57.0 Å². The molecular formula is C24H39N9S. The number of nitrogens with zero attached hydrogens (tertiary/aromatic N) is 7. The minimum absolute atomic E-state index is 0.571. The van der Waals surface area contributed by atoms with Gasteiger partial charge in [-0.15, -0.1) is 0 Å². The molecule has 186 valence electrons. The lowest BCUT2D eigenvalue weighted by atomic mass is 10.1. The summed E-state index contributed by atoms with van der Waals surface area (Å²) in [6, 6.07) is 2.14. The molecule has 3 aromatic heterocycles. The first-order chi connectivity index (χ1) is 16.7. The van der Waals surface area contributed by atoms with Crippen molar-refractivity contribution in [1.29, 1.82) is 0 Å². The highest BCUT2D eigenvalue weighted by Crippen LogP contribution is 2.22. The number of anilines is 2. The van der Waals surface area contributed by atoms with Gasteiger partial charge in [0.15, 0.2) is 11.3 Å². The molecule has 1 aliphatic heterocycles. The molecular weight excluding hydrogens is 446 g/mol. The third-order valence-corrected chi connectivity index (χ3v) is 6.39. The van der Waals surface area contributed by atoms with Gasteiger partial charge in [-0.3, -0.25) is 14.6 Å². The number of hydrogen-bond acceptors (Lipinski definition) is 8. The molecule has 4 rings (SSSR count). The molecule has 0 spiro atoms. The first-order valence-corrected chi connectivity index (χ1v) is 13.2. The summed E-state index contributed by atoms with van der Waals surface area (Å²) >= 11 is 1.48. The highest BCUT2D eigenvalue weighted by molar-refractivity contribution is 7.10. The number of aryl methyl sites for hydroxylation is 1. The van der Waals surface area contributed by atoms with E-state index in [0.29, 0.717) is 19.6 Å². The van der Waals surface area contributed by atoms with Gasteiger partial charge in [0.2, 0.25) is 0 Å². The van der Waals surface area contributed by atoms with E-state index in [9.17, 15) is 0 Å². The van der Waals surface area contributed by atoms with E-state index < -0.39 is 0 Å². The molecule has 4 heterocycles. The number of hydrogen-bond donors (Lipinski definition) is 2. The second kappa shape index (κ2) is 13.4. The van der Waals surface area contributed by atoms with Crippen LogP contribution in [0.4, 0.5) is 10.8 Å². The molecule has 1 saturated heterocycles. The molecule has 1 fully saturated rings. The van der Waals surface area contributed by atoms with E-state index in [4.69, 9.17) is 10.7 Å². The molecule has 10 heteroatoms. The van der Waals surface area contributed by atoms with E-state index in [0.717, 1.165) is 46.2 Å². The highest BCUT2D eigenvalue weighted by atomic mass is 32.1. The van der Waals surface area contributed by atoms with Crippen molar-refractivity contribution < 1.29 is 0 Å². The minimum atomic E-state index is 0.571. The summed E-state index contributed by atoms with van der Waals surface area (Å²) in [4.78, 5) is 11.9. The SMILES string of the molecule is CC.CCc1cn(Cc2cnn(CCN)c2)c(=NC)c(Nc2cc(CN3CCCCC3)ns2)n1. The topological polar surface area (TPSA) is 102 Å². The Kier molecular flexibility index (Phi) is 10.2. The number of rotatable bonds is 9. The molecule has 3 aromatic rings. The Hall–Kier alpha value is -2.56. The van der Waals surface area contributed by atoms with Gasteiger partial charge in [0.05, 0.1) is 30.7 Å². The van der Waals surface area contributed by atoms with E-state index in [2.05, 4.69) is 48.4 Å². The summed E-state index contributed by atoms with van der Waals surface area (Å²) in [7, 11) is 1.80. The summed E-state index contributed by atoms with van der Waals surface area (Å²) in [6.07, 6.45) is 10.8. The van der Waals surface area contributed by atoms with Crippen molar-refractivity contribution in [1.82, 2.24) is 28.6 Å². The predicted molar refractivity (Wildman–Crippen MR) is 139 cm³/mol. The predicted octanol–water partition coefficient (Wildman–Crippen LogP) is 3.39. The Balaban J connectivity index is 0.00000158. The molecule has 34 heavy (non-hydrogen) atoms. The molecule has 3 N–H and O–H groups in total. The van der Waals surface area contributed by atoms with Gasteiger partial charge >= 0.3 is 0 Å². The maximum absolute atomic E-state index is 5.65. The van der Waals surface area contributed by atoms with E-state index in [-0.39, 0.29) is 0 Å². The third-order valence-electron chi connectivity index (χ3n) is 5.65. The lowest BCUT2D eigenvalue weighted by Crippen LogP contribution is -2.29. The fourth-order valence-corrected chi connectivity index (χ4v) is 4.71. The average Bonchev–Trinajstić information content (AvgIpc) is 3.50. The van der Waals surface area contributed by atoms with E-state index in [1.807, 2.05) is 30.9 Å². The average molecular weight is 486 g/mol. The first-order valence-electron chi connectivity index (χ1n) is 12.4. The van der Waals surface area contributed by atoms with Gasteiger partial charge in [0, 0.05) is 38.1 Å². The van der Waals surface area contributed by atoms with Crippen molar-refractivity contribution in [2.45, 2.75) is 66.1 Å². The monoisotopic (exact) mass is 485 g/mol. The van der Waals surface area contributed by atoms with Gasteiger partial charge < -0.3 is 15.6 Å². The largest absolute Gasteiger partial charge is 0.329 e. The van der Waals surface area contributed by atoms with Gasteiger partial charge in [-0.2, -0.15) is 9.47 Å². The summed E-state index contributed by atoms with van der Waals surface area (Å²) in [5.74, 6) is 0.759. The van der Waals surface area contributed by atoms with Crippen LogP contribution >= 0.6 is 11.5 Å². The lowest BCUT2D eigenvalue weighted by Gasteiger charge is -2.25. The number of piperidine rings is 1. The molecule has 0 atom stereocenters. The van der Waals surface area contributed by atoms with Crippen molar-refractivity contribution in [2.24, 2.45) is 10.7 Å². The van der Waals surface area contributed by atoms with Gasteiger partial charge in [0.1, 0.15) is 5.00 Å². The van der Waals surface area contributed by atoms with Gasteiger partial charge in [-0.25, -0.2) is 4.98 Å². The minimum Gasteiger partial charge on any atom is -0.329 e. The standard InChI is InChI=1S/C22H33N9S.C2H6/c1-3-18-16-30(13-17-12-25-31(14-17)10-7-23)22(24-2)21(26-18)27-20-11-19(28-32-20)15-29-8-5-4-6-9-29;1-2/h11-12,14,16H,3-10,13,15,23H2,1-2H3,(H,26,27);1-2H3. The molecule has 0 unspecified atom stereocenters. The molecule has 1 aliphatic rings. The summed E-state index contributed by atoms with van der Waals surface area (Å²) in [6.45, 7) is 11.3. The lowest BCUT2D eigenvalue weighted by molar-refractivity contribution is 0.219. The fraction of sp³-hybridized carbons (Fsp3) is 0.583. The molecule has 0 bridgehead atoms. The number of likely N-dealkylation sites (tertiary alicyclic amines) is 1. The molecule has 9 nitrogen and oxygen atoms in total. The Morgan fingerprint density at radius 3 is 2.62 bits per heavy atom. The van der Waals surface area contributed by atoms with E-state index in [1.54, 1.807) is 7.05 Å². The number of nitrogens with one attached hydrogen (secondary N) is 1. The Labute approximate surface area is 206 Å². The van der Waals surface area contributed by atoms with Crippen LogP contribution in [-0.4, -0.2) is 55.3 Å². The Morgan fingerprint density at radius 1 is 1.12 bits per heavy atom. The van der Waals surface area contributed by atoms with Crippen molar-refractivity contribution in [3.8, 4) is 0 Å². The highest BCUT2D eigenvalue weighted by Gasteiger charge is 2.14. The normalized spacial score (nSPS) is 14.7. The van der Waals surface area contributed by atoms with Crippen LogP contribution in [0.15, 0.2) is 29.6 Å². The molecule has 0 aliphatic carbocycles. The summed E-state index contributed by atoms with van der Waals surface area (Å²) < 4.78 is 8.67. The van der Waals surface area contributed by atoms with Crippen LogP contribution in [0, 0.1) is 0 Å².